The van der Waals surface area contributed by atoms with E-state index in [1.54, 1.807) is 0 Å². The molecule has 0 aromatic heterocycles. The number of hydrogen-bond donors (Lipinski definition) is 0. The highest BCUT2D eigenvalue weighted by molar-refractivity contribution is 4.81. The van der Waals surface area contributed by atoms with Crippen LogP contribution in [0.5, 0.6) is 0 Å². The van der Waals surface area contributed by atoms with Crippen LogP contribution in [0.15, 0.2) is 0 Å². The summed E-state index contributed by atoms with van der Waals surface area (Å²) in [6.07, 6.45) is 12.0. The first-order chi connectivity index (χ1) is 9.99. The molecule has 0 aromatic carbocycles. The van der Waals surface area contributed by atoms with Crippen molar-refractivity contribution in [2.24, 2.45) is 0 Å². The average Bonchev–Trinajstić information content (AvgIpc) is 2.43. The minimum absolute atomic E-state index is 0.404. The lowest BCUT2D eigenvalue weighted by Gasteiger charge is -2.10. The average molecular weight is 301 g/mol. The van der Waals surface area contributed by atoms with Crippen LogP contribution in [0.2, 0.25) is 0 Å². The van der Waals surface area contributed by atoms with Crippen molar-refractivity contribution < 1.29 is 9.85 Å². The molecule has 0 bridgehead atoms. The lowest BCUT2D eigenvalue weighted by Crippen LogP contribution is -2.29. The van der Waals surface area contributed by atoms with Crippen LogP contribution in [0.1, 0.15) is 78.1 Å². The number of nitro groups is 2. The molecule has 0 aliphatic heterocycles. The summed E-state index contributed by atoms with van der Waals surface area (Å²) in [5.41, 5.74) is 0. The van der Waals surface area contributed by atoms with E-state index in [4.69, 9.17) is 0 Å². The zero-order valence-corrected chi connectivity index (χ0v) is 13.3. The predicted molar refractivity (Wildman–Crippen MR) is 83.4 cm³/mol. The Balaban J connectivity index is 3.66. The van der Waals surface area contributed by atoms with E-state index in [0.29, 0.717) is 6.42 Å². The van der Waals surface area contributed by atoms with Gasteiger partial charge in [0.25, 0.3) is 0 Å². The molecular weight excluding hydrogens is 272 g/mol. The van der Waals surface area contributed by atoms with Crippen molar-refractivity contribution in [2.45, 2.75) is 90.1 Å². The molecule has 0 saturated carbocycles. The van der Waals surface area contributed by atoms with Crippen LogP contribution in [0.3, 0.4) is 0 Å². The van der Waals surface area contributed by atoms with Gasteiger partial charge in [0.2, 0.25) is 12.1 Å². The van der Waals surface area contributed by atoms with Crippen molar-refractivity contribution >= 4 is 0 Å². The van der Waals surface area contributed by atoms with Gasteiger partial charge >= 0.3 is 0 Å². The summed E-state index contributed by atoms with van der Waals surface area (Å²) < 4.78 is 0. The quantitative estimate of drug-likeness (QED) is 0.270. The summed E-state index contributed by atoms with van der Waals surface area (Å²) in [6.45, 7) is 3.58. The number of rotatable bonds is 14. The lowest BCUT2D eigenvalue weighted by atomic mass is 10.0. The van der Waals surface area contributed by atoms with Crippen LogP contribution >= 0.6 is 0 Å². The van der Waals surface area contributed by atoms with Crippen LogP contribution in [0, 0.1) is 26.6 Å². The molecule has 6 nitrogen and oxygen atoms in total. The minimum atomic E-state index is -0.959. The Labute approximate surface area is 127 Å². The maximum atomic E-state index is 10.9. The van der Waals surface area contributed by atoms with E-state index < -0.39 is 21.9 Å². The summed E-state index contributed by atoms with van der Waals surface area (Å²) in [4.78, 5) is 20.5. The topological polar surface area (TPSA) is 86.3 Å². The van der Waals surface area contributed by atoms with E-state index in [-0.39, 0.29) is 0 Å². The maximum absolute atomic E-state index is 10.9. The van der Waals surface area contributed by atoms with Gasteiger partial charge in [0.15, 0.2) is 0 Å². The molecule has 21 heavy (non-hydrogen) atoms. The van der Waals surface area contributed by atoms with Gasteiger partial charge in [0, 0.05) is 23.2 Å². The Morgan fingerprint density at radius 2 is 1.33 bits per heavy atom. The van der Waals surface area contributed by atoms with Crippen molar-refractivity contribution in [1.82, 2.24) is 0 Å². The minimum Gasteiger partial charge on any atom is -0.264 e. The van der Waals surface area contributed by atoms with Crippen molar-refractivity contribution in [3.8, 4) is 0 Å². The van der Waals surface area contributed by atoms with Gasteiger partial charge in [-0.2, -0.15) is 0 Å². The van der Waals surface area contributed by atoms with Crippen LogP contribution in [0.4, 0.5) is 0 Å². The smallest absolute Gasteiger partial charge is 0.223 e. The van der Waals surface area contributed by atoms with Gasteiger partial charge in [0.05, 0.1) is 0 Å². The van der Waals surface area contributed by atoms with Crippen molar-refractivity contribution in [3.63, 3.8) is 0 Å². The largest absolute Gasteiger partial charge is 0.264 e. The highest BCUT2D eigenvalue weighted by atomic mass is 16.6. The van der Waals surface area contributed by atoms with Gasteiger partial charge in [-0.15, -0.1) is 0 Å². The Morgan fingerprint density at radius 3 is 1.76 bits per heavy atom. The van der Waals surface area contributed by atoms with Gasteiger partial charge in [-0.1, -0.05) is 58.3 Å². The number of nitrogens with zero attached hydrogens (tertiary/aromatic N) is 2. The van der Waals surface area contributed by atoms with E-state index in [2.05, 4.69) is 6.92 Å². The van der Waals surface area contributed by atoms with Crippen molar-refractivity contribution in [1.29, 1.82) is 0 Å². The Morgan fingerprint density at radius 1 is 0.857 bits per heavy atom. The molecular formula is C15H29N2O4. The molecule has 0 N–H and O–H groups in total. The van der Waals surface area contributed by atoms with Gasteiger partial charge in [0.1, 0.15) is 6.42 Å². The summed E-state index contributed by atoms with van der Waals surface area (Å²) in [5, 5.41) is 21.4. The molecule has 0 saturated heterocycles. The Bertz CT molecular complexity index is 297. The van der Waals surface area contributed by atoms with E-state index >= 15 is 0 Å². The zero-order chi connectivity index (χ0) is 16.1. The second-order valence-corrected chi connectivity index (χ2v) is 5.69. The first kappa shape index (κ1) is 19.8. The third-order valence-corrected chi connectivity index (χ3v) is 3.71. The molecule has 0 fully saturated rings. The predicted octanol–water partition coefficient (Wildman–Crippen LogP) is 4.42. The third kappa shape index (κ3) is 11.2. The second kappa shape index (κ2) is 12.5. The standard InChI is InChI=1S/C15H29N2O4/c1-3-4-5-6-7-8-9-10-11-12-15(17(20)21)13-14(2)16(18)19/h13-15H,3-12H2,1-2H3. The molecule has 6 heteroatoms. The van der Waals surface area contributed by atoms with Crippen molar-refractivity contribution in [2.75, 3.05) is 0 Å². The van der Waals surface area contributed by atoms with Crippen LogP contribution < -0.4 is 0 Å². The summed E-state index contributed by atoms with van der Waals surface area (Å²) >= 11 is 0. The molecule has 1 radical (unpaired) electrons. The molecule has 0 amide bonds. The second-order valence-electron chi connectivity index (χ2n) is 5.69. The summed E-state index contributed by atoms with van der Waals surface area (Å²) in [5.74, 6) is 0. The first-order valence-corrected chi connectivity index (χ1v) is 8.11. The normalized spacial score (nSPS) is 13.8. The Hall–Kier alpha value is -1.20. The first-order valence-electron chi connectivity index (χ1n) is 8.11. The fraction of sp³-hybridized carbons (Fsp3) is 0.933. The molecule has 0 heterocycles. The molecule has 0 aromatic rings. The monoisotopic (exact) mass is 301 g/mol. The van der Waals surface area contributed by atoms with Gasteiger partial charge in [-0.3, -0.25) is 20.2 Å². The van der Waals surface area contributed by atoms with Crippen LogP contribution in [-0.2, 0) is 0 Å². The molecule has 123 valence electrons. The van der Waals surface area contributed by atoms with E-state index in [9.17, 15) is 20.2 Å². The van der Waals surface area contributed by atoms with Crippen LogP contribution in [-0.4, -0.2) is 21.9 Å². The molecule has 2 unspecified atom stereocenters. The summed E-state index contributed by atoms with van der Waals surface area (Å²) in [6, 6.07) is -1.85. The maximum Gasteiger partial charge on any atom is 0.223 e. The highest BCUT2D eigenvalue weighted by Crippen LogP contribution is 2.14. The molecule has 0 aliphatic rings. The van der Waals surface area contributed by atoms with E-state index in [0.717, 1.165) is 19.3 Å². The van der Waals surface area contributed by atoms with Gasteiger partial charge in [-0.25, -0.2) is 0 Å². The van der Waals surface area contributed by atoms with E-state index in [1.165, 1.54) is 51.9 Å². The van der Waals surface area contributed by atoms with E-state index in [1.807, 2.05) is 0 Å². The molecule has 0 spiro atoms. The van der Waals surface area contributed by atoms with Gasteiger partial charge in [-0.05, 0) is 6.42 Å². The van der Waals surface area contributed by atoms with Gasteiger partial charge < -0.3 is 0 Å². The molecule has 0 rings (SSSR count). The van der Waals surface area contributed by atoms with Crippen LogP contribution in [0.25, 0.3) is 0 Å². The number of unbranched alkanes of at least 4 members (excludes halogenated alkanes) is 8. The highest BCUT2D eigenvalue weighted by Gasteiger charge is 2.28. The molecule has 0 aliphatic carbocycles. The lowest BCUT2D eigenvalue weighted by molar-refractivity contribution is -0.541. The summed E-state index contributed by atoms with van der Waals surface area (Å²) in [7, 11) is 0. The fourth-order valence-electron chi connectivity index (χ4n) is 2.33. The fourth-order valence-corrected chi connectivity index (χ4v) is 2.33. The zero-order valence-electron chi connectivity index (χ0n) is 13.3. The third-order valence-electron chi connectivity index (χ3n) is 3.71. The molecule has 2 atom stereocenters. The Kier molecular flexibility index (Phi) is 11.8. The number of hydrogen-bond acceptors (Lipinski definition) is 4. The van der Waals surface area contributed by atoms with Crippen molar-refractivity contribution in [3.05, 3.63) is 26.6 Å². The SMILES string of the molecule is CCCCCCCCCCCC([CH]C(C)[N+](=O)[O-])[N+](=O)[O-].